The molecule has 5 heterocycles. The van der Waals surface area contributed by atoms with Gasteiger partial charge in [0.05, 0.1) is 47.6 Å². The molecule has 15 heteroatoms. The highest BCUT2D eigenvalue weighted by atomic mass is 32.1. The summed E-state index contributed by atoms with van der Waals surface area (Å²) in [6, 6.07) is 7.83. The number of nitrogens with zero attached hydrogens (tertiary/aromatic N) is 5. The summed E-state index contributed by atoms with van der Waals surface area (Å²) in [5.41, 5.74) is 1.40. The van der Waals surface area contributed by atoms with Crippen molar-refractivity contribution in [1.29, 1.82) is 0 Å². The lowest BCUT2D eigenvalue weighted by Crippen LogP contribution is -2.46. The Morgan fingerprint density at radius 2 is 2.00 bits per heavy atom. The van der Waals surface area contributed by atoms with Gasteiger partial charge in [0, 0.05) is 42.6 Å². The highest BCUT2D eigenvalue weighted by Gasteiger charge is 2.32. The number of halogens is 4. The second-order valence-corrected chi connectivity index (χ2v) is 11.6. The zero-order valence-corrected chi connectivity index (χ0v) is 24.2. The van der Waals surface area contributed by atoms with Gasteiger partial charge in [0.2, 0.25) is 11.7 Å². The maximum Gasteiger partial charge on any atom is 0.406 e. The summed E-state index contributed by atoms with van der Waals surface area (Å²) in [5, 5.41) is 13.1. The van der Waals surface area contributed by atoms with Gasteiger partial charge >= 0.3 is 6.18 Å². The lowest BCUT2D eigenvalue weighted by Gasteiger charge is -2.33. The smallest absolute Gasteiger partial charge is 0.379 e. The van der Waals surface area contributed by atoms with Crippen molar-refractivity contribution in [2.45, 2.75) is 37.9 Å². The van der Waals surface area contributed by atoms with Crippen molar-refractivity contribution in [3.63, 3.8) is 0 Å². The van der Waals surface area contributed by atoms with E-state index in [1.165, 1.54) is 11.3 Å². The molecule has 0 radical (unpaired) electrons. The number of nitrogens with one attached hydrogen (secondary N) is 2. The number of rotatable bonds is 8. The van der Waals surface area contributed by atoms with Gasteiger partial charge in [-0.15, -0.1) is 11.3 Å². The van der Waals surface area contributed by atoms with Gasteiger partial charge in [0.25, 0.3) is 5.91 Å². The molecule has 0 bridgehead atoms. The number of morpholine rings is 1. The molecule has 43 heavy (non-hydrogen) atoms. The van der Waals surface area contributed by atoms with E-state index in [4.69, 9.17) is 9.26 Å². The first-order chi connectivity index (χ1) is 20.6. The Bertz CT molecular complexity index is 1580. The third-order valence-corrected chi connectivity index (χ3v) is 8.63. The highest BCUT2D eigenvalue weighted by molar-refractivity contribution is 7.14. The molecule has 2 atom stereocenters. The summed E-state index contributed by atoms with van der Waals surface area (Å²) in [7, 11) is 1.85. The number of alkyl halides is 4. The van der Waals surface area contributed by atoms with Crippen molar-refractivity contribution >= 4 is 38.8 Å². The fraction of sp³-hybridized carbons (Fsp3) is 0.464. The molecule has 0 unspecified atom stereocenters. The zero-order valence-electron chi connectivity index (χ0n) is 23.4. The van der Waals surface area contributed by atoms with Crippen LogP contribution in [-0.4, -0.2) is 90.3 Å². The molecule has 1 amide bonds. The summed E-state index contributed by atoms with van der Waals surface area (Å²) in [4.78, 5) is 21.1. The summed E-state index contributed by atoms with van der Waals surface area (Å²) >= 11 is 1.46. The molecule has 0 saturated carbocycles. The summed E-state index contributed by atoms with van der Waals surface area (Å²) in [6.07, 6.45) is -5.09. The van der Waals surface area contributed by atoms with E-state index in [1.54, 1.807) is 29.6 Å². The molecule has 2 aliphatic rings. The first kappa shape index (κ1) is 29.4. The minimum Gasteiger partial charge on any atom is -0.379 e. The van der Waals surface area contributed by atoms with E-state index in [0.29, 0.717) is 48.3 Å². The van der Waals surface area contributed by atoms with E-state index >= 15 is 0 Å². The van der Waals surface area contributed by atoms with Gasteiger partial charge in [-0.05, 0) is 37.7 Å². The molecule has 3 aromatic heterocycles. The Morgan fingerprint density at radius 3 is 2.77 bits per heavy atom. The van der Waals surface area contributed by atoms with Crippen LogP contribution in [0.15, 0.2) is 40.2 Å². The van der Waals surface area contributed by atoms with Crippen LogP contribution in [0.25, 0.3) is 22.4 Å². The normalized spacial score (nSPS) is 20.1. The third kappa shape index (κ3) is 6.63. The number of anilines is 2. The van der Waals surface area contributed by atoms with Crippen LogP contribution in [0, 0.1) is 0 Å². The molecule has 10 nitrogen and oxygen atoms in total. The minimum atomic E-state index is -4.52. The first-order valence-electron chi connectivity index (χ1n) is 13.9. The quantitative estimate of drug-likeness (QED) is 0.277. The predicted molar refractivity (Wildman–Crippen MR) is 154 cm³/mol. The number of benzene rings is 1. The Kier molecular flexibility index (Phi) is 8.29. The number of aromatic nitrogens is 3. The predicted octanol–water partition coefficient (Wildman–Crippen LogP) is 4.54. The van der Waals surface area contributed by atoms with Crippen molar-refractivity contribution in [3.8, 4) is 11.5 Å². The van der Waals surface area contributed by atoms with Crippen LogP contribution in [-0.2, 0) is 17.8 Å². The van der Waals surface area contributed by atoms with Crippen molar-refractivity contribution < 1.29 is 31.6 Å². The van der Waals surface area contributed by atoms with Crippen LogP contribution in [0.1, 0.15) is 22.7 Å². The summed E-state index contributed by atoms with van der Waals surface area (Å²) < 4.78 is 67.6. The Labute approximate surface area is 248 Å². The highest BCUT2D eigenvalue weighted by Crippen LogP contribution is 2.35. The van der Waals surface area contributed by atoms with E-state index in [-0.39, 0.29) is 36.4 Å². The Morgan fingerprint density at radius 1 is 1.19 bits per heavy atom. The van der Waals surface area contributed by atoms with Gasteiger partial charge in [-0.2, -0.15) is 18.2 Å². The van der Waals surface area contributed by atoms with Crippen LogP contribution in [0.3, 0.4) is 0 Å². The van der Waals surface area contributed by atoms with Gasteiger partial charge in [-0.3, -0.25) is 4.79 Å². The number of ether oxygens (including phenoxy) is 1. The van der Waals surface area contributed by atoms with Gasteiger partial charge in [0.1, 0.15) is 12.7 Å². The lowest BCUT2D eigenvalue weighted by molar-refractivity contribution is -0.139. The number of piperidine rings is 1. The number of carbonyl (C=O) groups is 1. The number of fused-ring (bicyclic) bond motifs is 1. The maximum absolute atomic E-state index is 14.8. The lowest BCUT2D eigenvalue weighted by atomic mass is 10.0. The van der Waals surface area contributed by atoms with Gasteiger partial charge < -0.3 is 34.3 Å². The van der Waals surface area contributed by atoms with Crippen molar-refractivity contribution in [1.82, 2.24) is 24.9 Å². The van der Waals surface area contributed by atoms with Crippen molar-refractivity contribution in [2.75, 3.05) is 56.7 Å². The fourth-order valence-corrected chi connectivity index (χ4v) is 6.40. The van der Waals surface area contributed by atoms with E-state index in [9.17, 15) is 22.4 Å². The molecule has 1 aromatic carbocycles. The Hall–Kier alpha value is -3.69. The van der Waals surface area contributed by atoms with E-state index < -0.39 is 24.9 Å². The van der Waals surface area contributed by atoms with Crippen LogP contribution >= 0.6 is 11.3 Å². The second kappa shape index (κ2) is 12.1. The molecule has 2 aliphatic heterocycles. The van der Waals surface area contributed by atoms with Crippen LogP contribution in [0.2, 0.25) is 0 Å². The molecule has 230 valence electrons. The number of likely N-dealkylation sites (tertiary alicyclic amines) is 1. The molecule has 0 aliphatic carbocycles. The zero-order chi connectivity index (χ0) is 30.1. The van der Waals surface area contributed by atoms with Crippen LogP contribution in [0.5, 0.6) is 0 Å². The second-order valence-electron chi connectivity index (χ2n) is 10.8. The molecule has 6 rings (SSSR count). The van der Waals surface area contributed by atoms with Gasteiger partial charge in [-0.25, -0.2) is 4.39 Å². The molecule has 2 saturated heterocycles. The van der Waals surface area contributed by atoms with Crippen LogP contribution < -0.4 is 15.5 Å². The molecule has 2 N–H and O–H groups in total. The number of carbonyl (C=O) groups excluding carboxylic acids is 1. The van der Waals surface area contributed by atoms with E-state index in [1.807, 2.05) is 18.0 Å². The molecule has 2 fully saturated rings. The largest absolute Gasteiger partial charge is 0.406 e. The minimum absolute atomic E-state index is 0.0424. The monoisotopic (exact) mass is 621 g/mol. The third-order valence-electron chi connectivity index (χ3n) is 7.64. The number of hydrogen-bond acceptors (Lipinski definition) is 9. The van der Waals surface area contributed by atoms with E-state index in [2.05, 4.69) is 25.7 Å². The van der Waals surface area contributed by atoms with Gasteiger partial charge in [0.15, 0.2) is 0 Å². The first-order valence-corrected chi connectivity index (χ1v) is 14.8. The molecular formula is C28H31F4N7O3S. The van der Waals surface area contributed by atoms with Crippen molar-refractivity contribution in [2.24, 2.45) is 0 Å². The average molecular weight is 622 g/mol. The van der Waals surface area contributed by atoms with Crippen molar-refractivity contribution in [3.05, 3.63) is 47.2 Å². The fourth-order valence-electron chi connectivity index (χ4n) is 5.45. The van der Waals surface area contributed by atoms with Crippen LogP contribution in [0.4, 0.5) is 28.3 Å². The summed E-state index contributed by atoms with van der Waals surface area (Å²) in [6.45, 7) is 2.38. The molecule has 0 spiro atoms. The average Bonchev–Trinajstić information content (AvgIpc) is 3.73. The Balaban J connectivity index is 1.21. The number of amides is 1. The van der Waals surface area contributed by atoms with Gasteiger partial charge in [-0.1, -0.05) is 11.2 Å². The number of thiophene rings is 1. The summed E-state index contributed by atoms with van der Waals surface area (Å²) in [5.74, 6) is -0.346. The molecule has 4 aromatic rings. The standard InChI is InChI=1S/C28H31F4N7O3S/c1-37-6-5-21(19(29)14-37)34-20-3-2-4-22-18(20)12-23(39(22)16-28(30,31)32)26-35-24(42-36-26)13-33-27(40)17-11-25(43-15-17)38-7-9-41-10-8-38/h2-4,11-12,15,19,21,34H,5-10,13-14,16H2,1H3,(H,33,40)/t19-,21+/m0/s1. The number of hydrogen-bond donors (Lipinski definition) is 2. The SMILES string of the molecule is CN1CC[C@@H](Nc2cccc3c2cc(-c2noc(CNC(=O)c4csc(N5CCOCC5)c4)n2)n3CC(F)(F)F)[C@@H](F)C1. The molecular weight excluding hydrogens is 590 g/mol. The maximum atomic E-state index is 14.8. The topological polar surface area (TPSA) is 101 Å². The van der Waals surface area contributed by atoms with E-state index in [0.717, 1.165) is 22.7 Å².